The monoisotopic (exact) mass is 320 g/mol. The minimum absolute atomic E-state index is 0.0285. The molecule has 6 heteroatoms. The van der Waals surface area contributed by atoms with Crippen LogP contribution in [0, 0.1) is 6.92 Å². The molecule has 21 heavy (non-hydrogen) atoms. The molecule has 1 heterocycles. The van der Waals surface area contributed by atoms with Crippen molar-refractivity contribution in [3.05, 3.63) is 57.6 Å². The van der Waals surface area contributed by atoms with Crippen molar-refractivity contribution >= 4 is 46.2 Å². The predicted molar refractivity (Wildman–Crippen MR) is 83.1 cm³/mol. The van der Waals surface area contributed by atoms with E-state index in [9.17, 15) is 4.79 Å². The van der Waals surface area contributed by atoms with Gasteiger partial charge in [0.25, 0.3) is 5.91 Å². The Labute approximate surface area is 131 Å². The summed E-state index contributed by atoms with van der Waals surface area (Å²) in [6.45, 7) is 1.83. The lowest BCUT2D eigenvalue weighted by molar-refractivity contribution is -0.111. The van der Waals surface area contributed by atoms with Crippen LogP contribution in [0.25, 0.3) is 0 Å². The Morgan fingerprint density at radius 1 is 1.14 bits per heavy atom. The third-order valence-electron chi connectivity index (χ3n) is 3.39. The van der Waals surface area contributed by atoms with E-state index in [1.54, 1.807) is 36.4 Å². The Balaban J connectivity index is 2.30. The van der Waals surface area contributed by atoms with Gasteiger partial charge in [-0.3, -0.25) is 9.69 Å². The van der Waals surface area contributed by atoms with Crippen LogP contribution in [0.3, 0.4) is 0 Å². The Bertz CT molecular complexity index is 787. The van der Waals surface area contributed by atoms with Crippen LogP contribution in [0.1, 0.15) is 11.1 Å². The van der Waals surface area contributed by atoms with Crippen LogP contribution in [-0.4, -0.2) is 16.8 Å². The molecule has 2 aromatic rings. The van der Waals surface area contributed by atoms with Crippen LogP contribution in [0.4, 0.5) is 11.4 Å². The first kappa shape index (κ1) is 13.9. The van der Waals surface area contributed by atoms with Gasteiger partial charge in [-0.2, -0.15) is 0 Å². The quantitative estimate of drug-likeness (QED) is 0.633. The van der Waals surface area contributed by atoms with Crippen LogP contribution in [0.2, 0.25) is 10.0 Å². The molecular formula is C15H10Cl2N2O2. The highest BCUT2D eigenvalue weighted by molar-refractivity contribution is 6.57. The second-order valence-electron chi connectivity index (χ2n) is 4.63. The molecule has 4 nitrogen and oxygen atoms in total. The summed E-state index contributed by atoms with van der Waals surface area (Å²) in [7, 11) is 0. The van der Waals surface area contributed by atoms with Gasteiger partial charge < -0.3 is 5.21 Å². The van der Waals surface area contributed by atoms with E-state index in [4.69, 9.17) is 28.4 Å². The van der Waals surface area contributed by atoms with Crippen LogP contribution in [0.15, 0.2) is 41.6 Å². The van der Waals surface area contributed by atoms with Crippen molar-refractivity contribution < 1.29 is 10.0 Å². The van der Waals surface area contributed by atoms with Crippen LogP contribution >= 0.6 is 23.2 Å². The average Bonchev–Trinajstić information content (AvgIpc) is 2.76. The largest absolute Gasteiger partial charge is 0.410 e. The molecular weight excluding hydrogens is 311 g/mol. The van der Waals surface area contributed by atoms with Gasteiger partial charge >= 0.3 is 0 Å². The standard InChI is InChI=1S/C15H10Cl2N2O2/c1-8-6-7-10(16)14(12(8)17)19-11-5-3-2-4-9(11)13(18-21)15(19)20/h2-7,21H,1H3. The van der Waals surface area contributed by atoms with E-state index in [1.165, 1.54) is 4.90 Å². The summed E-state index contributed by atoms with van der Waals surface area (Å²) in [5, 5.41) is 13.0. The number of nitrogens with zero attached hydrogens (tertiary/aromatic N) is 2. The number of para-hydroxylation sites is 1. The third-order valence-corrected chi connectivity index (χ3v) is 4.17. The maximum Gasteiger partial charge on any atom is 0.285 e. The van der Waals surface area contributed by atoms with E-state index >= 15 is 0 Å². The maximum absolute atomic E-state index is 12.5. The molecule has 1 N–H and O–H groups in total. The average molecular weight is 321 g/mol. The molecule has 106 valence electrons. The predicted octanol–water partition coefficient (Wildman–Crippen LogP) is 4.16. The first-order valence-electron chi connectivity index (χ1n) is 6.16. The van der Waals surface area contributed by atoms with Crippen molar-refractivity contribution in [1.82, 2.24) is 0 Å². The minimum atomic E-state index is -0.465. The van der Waals surface area contributed by atoms with Gasteiger partial charge in [0, 0.05) is 5.56 Å². The highest BCUT2D eigenvalue weighted by atomic mass is 35.5. The number of halogens is 2. The molecule has 0 unspecified atom stereocenters. The van der Waals surface area contributed by atoms with Crippen molar-refractivity contribution in [2.24, 2.45) is 5.16 Å². The highest BCUT2D eigenvalue weighted by Gasteiger charge is 2.37. The molecule has 1 amide bonds. The zero-order valence-corrected chi connectivity index (χ0v) is 12.5. The number of rotatable bonds is 1. The van der Waals surface area contributed by atoms with Crippen molar-refractivity contribution in [3.63, 3.8) is 0 Å². The molecule has 0 atom stereocenters. The summed E-state index contributed by atoms with van der Waals surface area (Å²) in [6, 6.07) is 10.5. The normalized spacial score (nSPS) is 15.7. The molecule has 1 aliphatic heterocycles. The fourth-order valence-electron chi connectivity index (χ4n) is 2.36. The van der Waals surface area contributed by atoms with Crippen LogP contribution in [-0.2, 0) is 4.79 Å². The number of benzene rings is 2. The molecule has 0 aromatic heterocycles. The Morgan fingerprint density at radius 3 is 2.57 bits per heavy atom. The highest BCUT2D eigenvalue weighted by Crippen LogP contribution is 2.43. The Morgan fingerprint density at radius 2 is 1.86 bits per heavy atom. The summed E-state index contributed by atoms with van der Waals surface area (Å²) >= 11 is 12.5. The van der Waals surface area contributed by atoms with E-state index < -0.39 is 5.91 Å². The van der Waals surface area contributed by atoms with Gasteiger partial charge in [0.05, 0.1) is 21.4 Å². The summed E-state index contributed by atoms with van der Waals surface area (Å²) < 4.78 is 0. The molecule has 0 radical (unpaired) electrons. The number of aryl methyl sites for hydroxylation is 1. The van der Waals surface area contributed by atoms with Gasteiger partial charge in [-0.25, -0.2) is 0 Å². The zero-order chi connectivity index (χ0) is 15.1. The van der Waals surface area contributed by atoms with E-state index in [0.717, 1.165) is 5.56 Å². The molecule has 0 spiro atoms. The van der Waals surface area contributed by atoms with Gasteiger partial charge in [-0.1, -0.05) is 52.6 Å². The molecule has 0 aliphatic carbocycles. The second-order valence-corrected chi connectivity index (χ2v) is 5.42. The number of anilines is 2. The van der Waals surface area contributed by atoms with Gasteiger partial charge in [-0.05, 0) is 24.6 Å². The van der Waals surface area contributed by atoms with Crippen molar-refractivity contribution in [1.29, 1.82) is 0 Å². The van der Waals surface area contributed by atoms with Crippen molar-refractivity contribution in [2.75, 3.05) is 4.90 Å². The molecule has 2 aromatic carbocycles. The Kier molecular flexibility index (Phi) is 3.35. The summed E-state index contributed by atoms with van der Waals surface area (Å²) in [5.74, 6) is -0.465. The van der Waals surface area contributed by atoms with Crippen LogP contribution < -0.4 is 4.90 Å². The molecule has 1 aliphatic rings. The lowest BCUT2D eigenvalue weighted by Crippen LogP contribution is -2.26. The SMILES string of the molecule is Cc1ccc(Cl)c(N2C(=O)C(=NO)c3ccccc32)c1Cl. The summed E-state index contributed by atoms with van der Waals surface area (Å²) in [4.78, 5) is 13.9. The number of oxime groups is 1. The van der Waals surface area contributed by atoms with Gasteiger partial charge in [0.15, 0.2) is 5.71 Å². The van der Waals surface area contributed by atoms with Crippen molar-refractivity contribution in [3.8, 4) is 0 Å². The van der Waals surface area contributed by atoms with Crippen molar-refractivity contribution in [2.45, 2.75) is 6.92 Å². The van der Waals surface area contributed by atoms with E-state index in [1.807, 2.05) is 6.92 Å². The summed E-state index contributed by atoms with van der Waals surface area (Å²) in [6.07, 6.45) is 0. The first-order chi connectivity index (χ1) is 10.1. The second kappa shape index (κ2) is 5.06. The molecule has 0 fully saturated rings. The third kappa shape index (κ3) is 1.99. The van der Waals surface area contributed by atoms with E-state index in [2.05, 4.69) is 5.16 Å². The molecule has 0 saturated heterocycles. The van der Waals surface area contributed by atoms with Crippen LogP contribution in [0.5, 0.6) is 0 Å². The molecule has 0 saturated carbocycles. The number of carbonyl (C=O) groups excluding carboxylic acids is 1. The number of carbonyl (C=O) groups is 1. The number of hydrogen-bond acceptors (Lipinski definition) is 3. The molecule has 3 rings (SSSR count). The van der Waals surface area contributed by atoms with E-state index in [0.29, 0.717) is 27.0 Å². The lowest BCUT2D eigenvalue weighted by Gasteiger charge is -2.20. The number of hydrogen-bond donors (Lipinski definition) is 1. The maximum atomic E-state index is 12.5. The molecule has 0 bridgehead atoms. The zero-order valence-electron chi connectivity index (χ0n) is 11.0. The first-order valence-corrected chi connectivity index (χ1v) is 6.92. The number of fused-ring (bicyclic) bond motifs is 1. The fourth-order valence-corrected chi connectivity index (χ4v) is 2.90. The Hall–Kier alpha value is -2.04. The minimum Gasteiger partial charge on any atom is -0.410 e. The van der Waals surface area contributed by atoms with Gasteiger partial charge in [0.1, 0.15) is 0 Å². The lowest BCUT2D eigenvalue weighted by atomic mass is 10.1. The van der Waals surface area contributed by atoms with Gasteiger partial charge in [-0.15, -0.1) is 0 Å². The number of amides is 1. The van der Waals surface area contributed by atoms with Gasteiger partial charge in [0.2, 0.25) is 0 Å². The fraction of sp³-hybridized carbons (Fsp3) is 0.0667. The topological polar surface area (TPSA) is 52.9 Å². The smallest absolute Gasteiger partial charge is 0.285 e. The van der Waals surface area contributed by atoms with E-state index in [-0.39, 0.29) is 5.71 Å². The summed E-state index contributed by atoms with van der Waals surface area (Å²) in [5.41, 5.74) is 2.30.